The van der Waals surface area contributed by atoms with E-state index in [4.69, 9.17) is 23.1 Å². The van der Waals surface area contributed by atoms with Gasteiger partial charge in [0, 0.05) is 16.1 Å². The van der Waals surface area contributed by atoms with E-state index in [1.165, 1.54) is 6.08 Å². The van der Waals surface area contributed by atoms with Gasteiger partial charge in [0.25, 0.3) is 5.91 Å². The number of benzene rings is 2. The Kier molecular flexibility index (Phi) is 4.40. The van der Waals surface area contributed by atoms with Gasteiger partial charge in [-0.3, -0.25) is 9.59 Å². The zero-order valence-corrected chi connectivity index (χ0v) is 11.8. The number of nitrogens with two attached hydrogens (primary N) is 2. The maximum atomic E-state index is 12.3. The van der Waals surface area contributed by atoms with E-state index in [-0.39, 0.29) is 11.5 Å². The zero-order chi connectivity index (χ0) is 15.4. The van der Waals surface area contributed by atoms with Crippen molar-refractivity contribution < 1.29 is 9.59 Å². The van der Waals surface area contributed by atoms with Crippen molar-refractivity contribution in [1.82, 2.24) is 0 Å². The van der Waals surface area contributed by atoms with Gasteiger partial charge >= 0.3 is 0 Å². The third-order valence-corrected chi connectivity index (χ3v) is 3.11. The molecule has 21 heavy (non-hydrogen) atoms. The standard InChI is InChI=1S/C16H13ClN2O2/c17-13-6-4-11(5-7-13)15(20)12-3-1-2-10(8-12)9-14(18)16(19)21/h1-9H,18H2,(H2,19,21)/b14-9-. The van der Waals surface area contributed by atoms with Crippen molar-refractivity contribution in [2.45, 2.75) is 0 Å². The molecule has 0 fully saturated rings. The predicted octanol–water partition coefficient (Wildman–Crippen LogP) is 2.36. The van der Waals surface area contributed by atoms with Gasteiger partial charge in [-0.05, 0) is 42.0 Å². The summed E-state index contributed by atoms with van der Waals surface area (Å²) in [6, 6.07) is 13.4. The minimum atomic E-state index is -0.704. The molecule has 0 heterocycles. The number of hydrogen-bond acceptors (Lipinski definition) is 3. The molecule has 2 aromatic carbocycles. The largest absolute Gasteiger partial charge is 0.394 e. The number of primary amides is 1. The van der Waals surface area contributed by atoms with E-state index >= 15 is 0 Å². The topological polar surface area (TPSA) is 86.2 Å². The minimum absolute atomic E-state index is 0.0638. The Balaban J connectivity index is 2.33. The molecule has 0 radical (unpaired) electrons. The molecule has 0 aromatic heterocycles. The summed E-state index contributed by atoms with van der Waals surface area (Å²) in [7, 11) is 0. The number of hydrogen-bond donors (Lipinski definition) is 2. The number of halogens is 1. The van der Waals surface area contributed by atoms with Crippen LogP contribution >= 0.6 is 11.6 Å². The highest BCUT2D eigenvalue weighted by molar-refractivity contribution is 6.30. The zero-order valence-electron chi connectivity index (χ0n) is 11.0. The molecule has 4 N–H and O–H groups in total. The lowest BCUT2D eigenvalue weighted by Crippen LogP contribution is -2.19. The van der Waals surface area contributed by atoms with Crippen LogP contribution in [0.1, 0.15) is 21.5 Å². The first kappa shape index (κ1) is 14.8. The summed E-state index contributed by atoms with van der Waals surface area (Å²) in [4.78, 5) is 23.3. The molecule has 1 amide bonds. The monoisotopic (exact) mass is 300 g/mol. The van der Waals surface area contributed by atoms with Crippen molar-refractivity contribution >= 4 is 29.4 Å². The second-order valence-electron chi connectivity index (χ2n) is 4.43. The maximum Gasteiger partial charge on any atom is 0.264 e. The van der Waals surface area contributed by atoms with Crippen LogP contribution in [0.15, 0.2) is 54.2 Å². The summed E-state index contributed by atoms with van der Waals surface area (Å²) in [5.74, 6) is -0.844. The Labute approximate surface area is 127 Å². The van der Waals surface area contributed by atoms with Gasteiger partial charge in [-0.1, -0.05) is 29.8 Å². The van der Waals surface area contributed by atoms with E-state index in [1.807, 2.05) is 0 Å². The molecule has 0 spiro atoms. The van der Waals surface area contributed by atoms with Gasteiger partial charge in [-0.15, -0.1) is 0 Å². The van der Waals surface area contributed by atoms with Gasteiger partial charge in [0.2, 0.25) is 0 Å². The first-order valence-corrected chi connectivity index (χ1v) is 6.52. The van der Waals surface area contributed by atoms with E-state index in [9.17, 15) is 9.59 Å². The molecular weight excluding hydrogens is 288 g/mol. The van der Waals surface area contributed by atoms with Gasteiger partial charge in [0.15, 0.2) is 5.78 Å². The Morgan fingerprint density at radius 3 is 2.24 bits per heavy atom. The summed E-state index contributed by atoms with van der Waals surface area (Å²) in [6.07, 6.45) is 1.43. The number of amides is 1. The normalized spacial score (nSPS) is 11.2. The number of ketones is 1. The molecule has 2 aromatic rings. The van der Waals surface area contributed by atoms with E-state index in [0.29, 0.717) is 21.7 Å². The highest BCUT2D eigenvalue weighted by Crippen LogP contribution is 2.15. The maximum absolute atomic E-state index is 12.3. The molecule has 0 bridgehead atoms. The first-order chi connectivity index (χ1) is 9.97. The van der Waals surface area contributed by atoms with Crippen LogP contribution in [0.4, 0.5) is 0 Å². The van der Waals surface area contributed by atoms with Crippen LogP contribution in [0.5, 0.6) is 0 Å². The van der Waals surface area contributed by atoms with Crippen molar-refractivity contribution in [3.05, 3.63) is 75.9 Å². The molecule has 106 valence electrons. The van der Waals surface area contributed by atoms with Crippen LogP contribution in [0.3, 0.4) is 0 Å². The fourth-order valence-corrected chi connectivity index (χ4v) is 1.91. The lowest BCUT2D eigenvalue weighted by Gasteiger charge is -2.03. The Morgan fingerprint density at radius 2 is 1.62 bits per heavy atom. The minimum Gasteiger partial charge on any atom is -0.394 e. The molecule has 0 aliphatic carbocycles. The smallest absolute Gasteiger partial charge is 0.264 e. The van der Waals surface area contributed by atoms with Crippen LogP contribution in [-0.2, 0) is 4.79 Å². The molecule has 0 aliphatic heterocycles. The van der Waals surface area contributed by atoms with Gasteiger partial charge in [0.1, 0.15) is 0 Å². The number of rotatable bonds is 4. The van der Waals surface area contributed by atoms with E-state index in [0.717, 1.165) is 0 Å². The second-order valence-corrected chi connectivity index (χ2v) is 4.86. The van der Waals surface area contributed by atoms with Gasteiger partial charge in [-0.2, -0.15) is 0 Å². The van der Waals surface area contributed by atoms with Crippen LogP contribution in [0, 0.1) is 0 Å². The van der Waals surface area contributed by atoms with E-state index < -0.39 is 5.91 Å². The molecule has 0 saturated heterocycles. The van der Waals surface area contributed by atoms with Crippen molar-refractivity contribution in [1.29, 1.82) is 0 Å². The first-order valence-electron chi connectivity index (χ1n) is 6.14. The summed E-state index contributed by atoms with van der Waals surface area (Å²) in [5, 5.41) is 0.567. The molecule has 5 heteroatoms. The Bertz CT molecular complexity index is 721. The number of carbonyl (C=O) groups excluding carboxylic acids is 2. The predicted molar refractivity (Wildman–Crippen MR) is 82.7 cm³/mol. The van der Waals surface area contributed by atoms with Crippen LogP contribution in [0.2, 0.25) is 5.02 Å². The van der Waals surface area contributed by atoms with Crippen molar-refractivity contribution in [2.24, 2.45) is 11.5 Å². The fourth-order valence-electron chi connectivity index (χ4n) is 1.79. The highest BCUT2D eigenvalue weighted by Gasteiger charge is 2.09. The van der Waals surface area contributed by atoms with Crippen LogP contribution < -0.4 is 11.5 Å². The van der Waals surface area contributed by atoms with Gasteiger partial charge in [-0.25, -0.2) is 0 Å². The summed E-state index contributed by atoms with van der Waals surface area (Å²) in [5.41, 5.74) is 12.2. The average Bonchev–Trinajstić information content (AvgIpc) is 2.47. The van der Waals surface area contributed by atoms with Gasteiger partial charge in [0.05, 0.1) is 5.70 Å². The second kappa shape index (κ2) is 6.24. The van der Waals surface area contributed by atoms with Gasteiger partial charge < -0.3 is 11.5 Å². The van der Waals surface area contributed by atoms with Crippen LogP contribution in [-0.4, -0.2) is 11.7 Å². The third kappa shape index (κ3) is 3.70. The highest BCUT2D eigenvalue weighted by atomic mass is 35.5. The fraction of sp³-hybridized carbons (Fsp3) is 0. The molecular formula is C16H13ClN2O2. The number of carbonyl (C=O) groups is 2. The molecule has 0 aliphatic rings. The SMILES string of the molecule is NC(=O)/C(N)=C/c1cccc(C(=O)c2ccc(Cl)cc2)c1. The van der Waals surface area contributed by atoms with Crippen molar-refractivity contribution in [2.75, 3.05) is 0 Å². The summed E-state index contributed by atoms with van der Waals surface area (Å²) >= 11 is 5.80. The lowest BCUT2D eigenvalue weighted by atomic mass is 10.0. The molecule has 0 atom stereocenters. The van der Waals surface area contributed by atoms with E-state index in [1.54, 1.807) is 48.5 Å². The third-order valence-electron chi connectivity index (χ3n) is 2.86. The summed E-state index contributed by atoms with van der Waals surface area (Å²) < 4.78 is 0. The molecule has 0 unspecified atom stereocenters. The molecule has 2 rings (SSSR count). The Hall–Kier alpha value is -2.59. The molecule has 4 nitrogen and oxygen atoms in total. The van der Waals surface area contributed by atoms with Crippen LogP contribution in [0.25, 0.3) is 6.08 Å². The lowest BCUT2D eigenvalue weighted by molar-refractivity contribution is -0.114. The van der Waals surface area contributed by atoms with E-state index in [2.05, 4.69) is 0 Å². The Morgan fingerprint density at radius 1 is 0.952 bits per heavy atom. The average molecular weight is 301 g/mol. The summed E-state index contributed by atoms with van der Waals surface area (Å²) in [6.45, 7) is 0. The quantitative estimate of drug-likeness (QED) is 0.671. The van der Waals surface area contributed by atoms with Crippen molar-refractivity contribution in [3.8, 4) is 0 Å². The van der Waals surface area contributed by atoms with Crippen molar-refractivity contribution in [3.63, 3.8) is 0 Å². The molecule has 0 saturated carbocycles.